The van der Waals surface area contributed by atoms with E-state index in [-0.39, 0.29) is 25.0 Å². The summed E-state index contributed by atoms with van der Waals surface area (Å²) < 4.78 is 39.4. The number of hydrogen-bond donors (Lipinski definition) is 1. The predicted octanol–water partition coefficient (Wildman–Crippen LogP) is 1.09. The topological polar surface area (TPSA) is 107 Å². The minimum atomic E-state index is -4.04. The molecule has 2 N–H and O–H groups in total. The Kier molecular flexibility index (Phi) is 4.26. The second-order valence-electron chi connectivity index (χ2n) is 5.16. The highest BCUT2D eigenvalue weighted by molar-refractivity contribution is 7.89. The number of nitro benzene ring substituents is 1. The van der Waals surface area contributed by atoms with Crippen LogP contribution >= 0.6 is 0 Å². The van der Waals surface area contributed by atoms with Crippen molar-refractivity contribution in [3.05, 3.63) is 34.1 Å². The molecular formula is C12H16FN3O4S. The van der Waals surface area contributed by atoms with Gasteiger partial charge < -0.3 is 5.73 Å². The summed E-state index contributed by atoms with van der Waals surface area (Å²) in [5.41, 5.74) is 5.09. The summed E-state index contributed by atoms with van der Waals surface area (Å²) in [5, 5.41) is 11.0. The molecule has 0 saturated carbocycles. The zero-order chi connectivity index (χ0) is 15.8. The molecule has 2 rings (SSSR count). The largest absolute Gasteiger partial charge is 0.327 e. The van der Waals surface area contributed by atoms with Crippen LogP contribution in [-0.4, -0.2) is 36.8 Å². The van der Waals surface area contributed by atoms with Crippen LogP contribution in [0, 0.1) is 21.8 Å². The van der Waals surface area contributed by atoms with Crippen LogP contribution in [0.3, 0.4) is 0 Å². The standard InChI is InChI=1S/C12H16FN3O4S/c1-8-7-15(5-4-10(8)14)21(19,20)12-3-2-9(13)6-11(12)16(17)18/h2-3,6,8,10H,4-5,7,14H2,1H3. The first-order valence-corrected chi connectivity index (χ1v) is 7.87. The van der Waals surface area contributed by atoms with Crippen molar-refractivity contribution in [3.8, 4) is 0 Å². The fraction of sp³-hybridized carbons (Fsp3) is 0.500. The van der Waals surface area contributed by atoms with Crippen molar-refractivity contribution < 1.29 is 17.7 Å². The molecule has 1 heterocycles. The molecule has 1 aliphatic rings. The van der Waals surface area contributed by atoms with E-state index in [0.29, 0.717) is 12.5 Å². The molecule has 7 nitrogen and oxygen atoms in total. The van der Waals surface area contributed by atoms with Crippen LogP contribution in [0.25, 0.3) is 0 Å². The molecule has 0 aromatic heterocycles. The van der Waals surface area contributed by atoms with Crippen molar-refractivity contribution in [2.75, 3.05) is 13.1 Å². The SMILES string of the molecule is CC1CN(S(=O)(=O)c2ccc(F)cc2[N+](=O)[O-])CCC1N. The lowest BCUT2D eigenvalue weighted by Crippen LogP contribution is -2.48. The van der Waals surface area contributed by atoms with E-state index in [2.05, 4.69) is 0 Å². The van der Waals surface area contributed by atoms with Gasteiger partial charge in [0.1, 0.15) is 5.82 Å². The van der Waals surface area contributed by atoms with E-state index in [1.165, 1.54) is 4.31 Å². The maximum Gasteiger partial charge on any atom is 0.292 e. The minimum absolute atomic E-state index is 0.0481. The van der Waals surface area contributed by atoms with Gasteiger partial charge in [-0.2, -0.15) is 4.31 Å². The Morgan fingerprint density at radius 1 is 1.48 bits per heavy atom. The lowest BCUT2D eigenvalue weighted by molar-refractivity contribution is -0.388. The highest BCUT2D eigenvalue weighted by Gasteiger charge is 2.36. The first kappa shape index (κ1) is 15.8. The van der Waals surface area contributed by atoms with Gasteiger partial charge in [0.2, 0.25) is 10.0 Å². The van der Waals surface area contributed by atoms with E-state index in [1.807, 2.05) is 6.92 Å². The quantitative estimate of drug-likeness (QED) is 0.663. The Hall–Kier alpha value is -1.58. The van der Waals surface area contributed by atoms with Gasteiger partial charge in [0.15, 0.2) is 4.90 Å². The molecule has 1 aromatic rings. The monoisotopic (exact) mass is 317 g/mol. The number of halogens is 1. The molecule has 1 saturated heterocycles. The molecule has 1 aromatic carbocycles. The third kappa shape index (κ3) is 3.04. The molecule has 0 bridgehead atoms. The Labute approximate surface area is 121 Å². The predicted molar refractivity (Wildman–Crippen MR) is 73.6 cm³/mol. The molecular weight excluding hydrogens is 301 g/mol. The van der Waals surface area contributed by atoms with Crippen molar-refractivity contribution in [1.29, 1.82) is 0 Å². The average molecular weight is 317 g/mol. The molecule has 116 valence electrons. The van der Waals surface area contributed by atoms with Crippen LogP contribution in [0.4, 0.5) is 10.1 Å². The molecule has 2 unspecified atom stereocenters. The molecule has 1 fully saturated rings. The summed E-state index contributed by atoms with van der Waals surface area (Å²) in [6.45, 7) is 2.21. The summed E-state index contributed by atoms with van der Waals surface area (Å²) in [6.07, 6.45) is 0.482. The summed E-state index contributed by atoms with van der Waals surface area (Å²) in [5.74, 6) is -0.900. The highest BCUT2D eigenvalue weighted by Crippen LogP contribution is 2.29. The van der Waals surface area contributed by atoms with Crippen molar-refractivity contribution in [2.45, 2.75) is 24.3 Å². The fourth-order valence-corrected chi connectivity index (χ4v) is 4.03. The van der Waals surface area contributed by atoms with Crippen molar-refractivity contribution in [1.82, 2.24) is 4.31 Å². The third-order valence-corrected chi connectivity index (χ3v) is 5.58. The molecule has 1 aliphatic heterocycles. The lowest BCUT2D eigenvalue weighted by Gasteiger charge is -2.34. The maximum atomic E-state index is 13.1. The van der Waals surface area contributed by atoms with E-state index < -0.39 is 31.3 Å². The third-order valence-electron chi connectivity index (χ3n) is 3.67. The van der Waals surface area contributed by atoms with Crippen LogP contribution in [0.1, 0.15) is 13.3 Å². The Balaban J connectivity index is 2.43. The van der Waals surface area contributed by atoms with E-state index >= 15 is 0 Å². The summed E-state index contributed by atoms with van der Waals surface area (Å²) in [6, 6.07) is 2.35. The van der Waals surface area contributed by atoms with Crippen LogP contribution < -0.4 is 5.73 Å². The van der Waals surface area contributed by atoms with E-state index in [9.17, 15) is 22.9 Å². The van der Waals surface area contributed by atoms with Gasteiger partial charge in [-0.25, -0.2) is 12.8 Å². The minimum Gasteiger partial charge on any atom is -0.327 e. The summed E-state index contributed by atoms with van der Waals surface area (Å²) in [7, 11) is -4.04. The van der Waals surface area contributed by atoms with E-state index in [0.717, 1.165) is 12.1 Å². The number of piperidine rings is 1. The first-order valence-electron chi connectivity index (χ1n) is 6.43. The molecule has 9 heteroatoms. The first-order chi connectivity index (χ1) is 9.73. The number of rotatable bonds is 3. The van der Waals surface area contributed by atoms with Gasteiger partial charge in [0, 0.05) is 19.1 Å². The Morgan fingerprint density at radius 3 is 2.71 bits per heavy atom. The molecule has 2 atom stereocenters. The molecule has 21 heavy (non-hydrogen) atoms. The van der Waals surface area contributed by atoms with Crippen molar-refractivity contribution in [2.24, 2.45) is 11.7 Å². The number of nitrogens with two attached hydrogens (primary N) is 1. The van der Waals surface area contributed by atoms with E-state index in [1.54, 1.807) is 0 Å². The fourth-order valence-electron chi connectivity index (χ4n) is 2.33. The summed E-state index contributed by atoms with van der Waals surface area (Å²) >= 11 is 0. The molecule has 0 radical (unpaired) electrons. The Morgan fingerprint density at radius 2 is 2.14 bits per heavy atom. The molecule has 0 amide bonds. The van der Waals surface area contributed by atoms with Crippen LogP contribution in [0.2, 0.25) is 0 Å². The smallest absolute Gasteiger partial charge is 0.292 e. The van der Waals surface area contributed by atoms with Gasteiger partial charge in [0.25, 0.3) is 5.69 Å². The number of hydrogen-bond acceptors (Lipinski definition) is 5. The Bertz CT molecular complexity index is 664. The van der Waals surface area contributed by atoms with Gasteiger partial charge >= 0.3 is 0 Å². The second kappa shape index (κ2) is 5.66. The van der Waals surface area contributed by atoms with Crippen LogP contribution in [0.5, 0.6) is 0 Å². The number of nitro groups is 1. The zero-order valence-corrected chi connectivity index (χ0v) is 12.2. The molecule has 0 aliphatic carbocycles. The molecule has 0 spiro atoms. The second-order valence-corrected chi connectivity index (χ2v) is 7.07. The van der Waals surface area contributed by atoms with Crippen LogP contribution in [-0.2, 0) is 10.0 Å². The lowest BCUT2D eigenvalue weighted by atomic mass is 9.96. The van der Waals surface area contributed by atoms with Gasteiger partial charge in [-0.1, -0.05) is 6.92 Å². The number of sulfonamides is 1. The highest BCUT2D eigenvalue weighted by atomic mass is 32.2. The zero-order valence-electron chi connectivity index (χ0n) is 11.4. The van der Waals surface area contributed by atoms with E-state index in [4.69, 9.17) is 5.73 Å². The summed E-state index contributed by atoms with van der Waals surface area (Å²) in [4.78, 5) is 9.57. The average Bonchev–Trinajstić information content (AvgIpc) is 2.41. The maximum absolute atomic E-state index is 13.1. The van der Waals surface area contributed by atoms with Gasteiger partial charge in [0.05, 0.1) is 11.0 Å². The number of benzene rings is 1. The van der Waals surface area contributed by atoms with Gasteiger partial charge in [-0.15, -0.1) is 0 Å². The van der Waals surface area contributed by atoms with Gasteiger partial charge in [-0.3, -0.25) is 10.1 Å². The number of nitrogens with zero attached hydrogens (tertiary/aromatic N) is 2. The van der Waals surface area contributed by atoms with Crippen LogP contribution in [0.15, 0.2) is 23.1 Å². The normalized spacial score (nSPS) is 24.0. The van der Waals surface area contributed by atoms with Crippen molar-refractivity contribution >= 4 is 15.7 Å². The van der Waals surface area contributed by atoms with Gasteiger partial charge in [-0.05, 0) is 24.5 Å². The van der Waals surface area contributed by atoms with Crippen molar-refractivity contribution in [3.63, 3.8) is 0 Å².